The van der Waals surface area contributed by atoms with Gasteiger partial charge in [0.25, 0.3) is 0 Å². The summed E-state index contributed by atoms with van der Waals surface area (Å²) < 4.78 is 5.25. The highest BCUT2D eigenvalue weighted by Crippen LogP contribution is 2.31. The SMILES string of the molecule is C/C=C/C(=O)Oc1ccc(-c2ccc(-c3ccc(CCCCCCC)s3)cc2)cc1. The maximum atomic E-state index is 11.5. The molecule has 1 heterocycles. The number of unbranched alkanes of at least 4 members (excludes halogenated alkanes) is 4. The first-order valence-corrected chi connectivity index (χ1v) is 11.7. The monoisotopic (exact) mass is 418 g/mol. The molecule has 3 rings (SSSR count). The lowest BCUT2D eigenvalue weighted by Crippen LogP contribution is -2.03. The number of aryl methyl sites for hydroxylation is 1. The molecular formula is C27H30O2S. The topological polar surface area (TPSA) is 26.3 Å². The van der Waals surface area contributed by atoms with Crippen LogP contribution in [0.15, 0.2) is 72.8 Å². The van der Waals surface area contributed by atoms with E-state index in [-0.39, 0.29) is 5.97 Å². The normalized spacial score (nSPS) is 11.1. The summed E-state index contributed by atoms with van der Waals surface area (Å²) in [5.41, 5.74) is 3.52. The molecule has 0 amide bonds. The van der Waals surface area contributed by atoms with Crippen molar-refractivity contribution in [2.45, 2.75) is 52.4 Å². The van der Waals surface area contributed by atoms with Crippen molar-refractivity contribution in [2.24, 2.45) is 0 Å². The predicted octanol–water partition coefficient (Wildman–Crippen LogP) is 8.08. The summed E-state index contributed by atoms with van der Waals surface area (Å²) in [6.07, 6.45) is 10.9. The van der Waals surface area contributed by atoms with E-state index >= 15 is 0 Å². The number of thiophene rings is 1. The minimum Gasteiger partial charge on any atom is -0.423 e. The van der Waals surface area contributed by atoms with Crippen molar-refractivity contribution in [2.75, 3.05) is 0 Å². The van der Waals surface area contributed by atoms with E-state index in [9.17, 15) is 4.79 Å². The van der Waals surface area contributed by atoms with Crippen molar-refractivity contribution in [3.63, 3.8) is 0 Å². The molecule has 0 N–H and O–H groups in total. The molecule has 0 aliphatic heterocycles. The molecule has 0 atom stereocenters. The molecule has 30 heavy (non-hydrogen) atoms. The van der Waals surface area contributed by atoms with Crippen molar-refractivity contribution in [1.82, 2.24) is 0 Å². The van der Waals surface area contributed by atoms with Gasteiger partial charge in [-0.3, -0.25) is 0 Å². The molecule has 2 aromatic carbocycles. The highest BCUT2D eigenvalue weighted by molar-refractivity contribution is 7.15. The Hall–Kier alpha value is -2.65. The fourth-order valence-corrected chi connectivity index (χ4v) is 4.45. The Balaban J connectivity index is 1.59. The lowest BCUT2D eigenvalue weighted by atomic mass is 10.0. The summed E-state index contributed by atoms with van der Waals surface area (Å²) in [5.74, 6) is 0.199. The number of hydrogen-bond donors (Lipinski definition) is 0. The summed E-state index contributed by atoms with van der Waals surface area (Å²) in [6.45, 7) is 4.05. The molecule has 0 aliphatic rings. The lowest BCUT2D eigenvalue weighted by Gasteiger charge is -2.06. The number of benzene rings is 2. The maximum absolute atomic E-state index is 11.5. The van der Waals surface area contributed by atoms with Crippen LogP contribution in [-0.2, 0) is 11.2 Å². The average molecular weight is 419 g/mol. The van der Waals surface area contributed by atoms with Crippen LogP contribution in [0.4, 0.5) is 0 Å². The van der Waals surface area contributed by atoms with Gasteiger partial charge in [-0.25, -0.2) is 4.79 Å². The summed E-state index contributed by atoms with van der Waals surface area (Å²) in [6, 6.07) is 20.8. The van der Waals surface area contributed by atoms with Crippen LogP contribution in [0.5, 0.6) is 5.75 Å². The molecule has 2 nitrogen and oxygen atoms in total. The Kier molecular flexibility index (Phi) is 8.46. The van der Waals surface area contributed by atoms with Crippen LogP contribution in [-0.4, -0.2) is 5.97 Å². The fraction of sp³-hybridized carbons (Fsp3) is 0.296. The molecule has 1 aromatic heterocycles. The quantitative estimate of drug-likeness (QED) is 0.144. The van der Waals surface area contributed by atoms with Crippen LogP contribution in [0.25, 0.3) is 21.6 Å². The van der Waals surface area contributed by atoms with Gasteiger partial charge in [0.2, 0.25) is 0 Å². The van der Waals surface area contributed by atoms with E-state index in [1.54, 1.807) is 13.0 Å². The molecule has 156 valence electrons. The van der Waals surface area contributed by atoms with Gasteiger partial charge in [0.15, 0.2) is 0 Å². The molecule has 0 aliphatic carbocycles. The summed E-state index contributed by atoms with van der Waals surface area (Å²) in [5, 5.41) is 0. The number of carbonyl (C=O) groups is 1. The molecule has 3 heteroatoms. The van der Waals surface area contributed by atoms with Crippen molar-refractivity contribution in [3.8, 4) is 27.3 Å². The lowest BCUT2D eigenvalue weighted by molar-refractivity contribution is -0.129. The fourth-order valence-electron chi connectivity index (χ4n) is 3.40. The van der Waals surface area contributed by atoms with Crippen molar-refractivity contribution in [1.29, 1.82) is 0 Å². The van der Waals surface area contributed by atoms with Crippen LogP contribution in [0.1, 0.15) is 50.8 Å². The van der Waals surface area contributed by atoms with E-state index in [0.717, 1.165) is 11.1 Å². The number of carbonyl (C=O) groups excluding carboxylic acids is 1. The molecule has 0 unspecified atom stereocenters. The summed E-state index contributed by atoms with van der Waals surface area (Å²) in [7, 11) is 0. The standard InChI is InChI=1S/C27H30O2S/c1-3-5-6-7-8-10-25-19-20-26(30-25)23-13-11-21(12-14-23)22-15-17-24(18-16-22)29-27(28)9-4-2/h4,9,11-20H,3,5-8,10H2,1-2H3/b9-4+. The van der Waals surface area contributed by atoms with Crippen LogP contribution >= 0.6 is 11.3 Å². The third kappa shape index (κ3) is 6.43. The van der Waals surface area contributed by atoms with Gasteiger partial charge in [-0.2, -0.15) is 0 Å². The van der Waals surface area contributed by atoms with Gasteiger partial charge in [-0.1, -0.05) is 75.1 Å². The second-order valence-corrected chi connectivity index (χ2v) is 8.62. The van der Waals surface area contributed by atoms with Gasteiger partial charge < -0.3 is 4.74 Å². The highest BCUT2D eigenvalue weighted by atomic mass is 32.1. The molecule has 0 saturated carbocycles. The van der Waals surface area contributed by atoms with Crippen molar-refractivity contribution in [3.05, 3.63) is 77.7 Å². The molecule has 0 fully saturated rings. The second kappa shape index (κ2) is 11.5. The Bertz CT molecular complexity index is 949. The minimum absolute atomic E-state index is 0.356. The van der Waals surface area contributed by atoms with Crippen LogP contribution < -0.4 is 4.74 Å². The average Bonchev–Trinajstić information content (AvgIpc) is 3.23. The van der Waals surface area contributed by atoms with Gasteiger partial charge >= 0.3 is 5.97 Å². The van der Waals surface area contributed by atoms with Crippen molar-refractivity contribution < 1.29 is 9.53 Å². The Morgan fingerprint density at radius 3 is 2.13 bits per heavy atom. The number of ether oxygens (including phenoxy) is 1. The number of allylic oxidation sites excluding steroid dienone is 1. The third-order valence-corrected chi connectivity index (χ3v) is 6.26. The minimum atomic E-state index is -0.356. The molecule has 0 radical (unpaired) electrons. The zero-order valence-electron chi connectivity index (χ0n) is 17.9. The van der Waals surface area contributed by atoms with Gasteiger partial charge in [-0.05, 0) is 60.7 Å². The zero-order valence-corrected chi connectivity index (χ0v) is 18.7. The molecule has 0 saturated heterocycles. The van der Waals surface area contributed by atoms with E-state index in [1.807, 2.05) is 35.6 Å². The zero-order chi connectivity index (χ0) is 21.2. The first-order valence-electron chi connectivity index (χ1n) is 10.8. The number of rotatable bonds is 10. The van der Waals surface area contributed by atoms with E-state index in [4.69, 9.17) is 4.74 Å². The van der Waals surface area contributed by atoms with Gasteiger partial charge in [0.05, 0.1) is 0 Å². The Morgan fingerprint density at radius 2 is 1.47 bits per heavy atom. The Labute approximate surface area is 184 Å². The summed E-state index contributed by atoms with van der Waals surface area (Å²) in [4.78, 5) is 14.3. The second-order valence-electron chi connectivity index (χ2n) is 7.45. The summed E-state index contributed by atoms with van der Waals surface area (Å²) >= 11 is 1.91. The van der Waals surface area contributed by atoms with Gasteiger partial charge in [0, 0.05) is 15.8 Å². The highest BCUT2D eigenvalue weighted by Gasteiger charge is 2.05. The van der Waals surface area contributed by atoms with Crippen LogP contribution in [0.3, 0.4) is 0 Å². The Morgan fingerprint density at radius 1 is 0.833 bits per heavy atom. The largest absolute Gasteiger partial charge is 0.423 e. The van der Waals surface area contributed by atoms with Crippen molar-refractivity contribution >= 4 is 17.3 Å². The van der Waals surface area contributed by atoms with Gasteiger partial charge in [-0.15, -0.1) is 11.3 Å². The number of esters is 1. The first-order chi connectivity index (χ1) is 14.7. The van der Waals surface area contributed by atoms with Gasteiger partial charge in [0.1, 0.15) is 5.75 Å². The molecule has 0 spiro atoms. The smallest absolute Gasteiger partial charge is 0.335 e. The van der Waals surface area contributed by atoms with Crippen LogP contribution in [0, 0.1) is 0 Å². The first kappa shape index (κ1) is 22.0. The maximum Gasteiger partial charge on any atom is 0.335 e. The van der Waals surface area contributed by atoms with E-state index in [1.165, 1.54) is 59.9 Å². The predicted molar refractivity (Wildman–Crippen MR) is 128 cm³/mol. The van der Waals surface area contributed by atoms with Crippen LogP contribution in [0.2, 0.25) is 0 Å². The third-order valence-electron chi connectivity index (χ3n) is 5.07. The van der Waals surface area contributed by atoms with E-state index in [0.29, 0.717) is 5.75 Å². The molecule has 0 bridgehead atoms. The molecular weight excluding hydrogens is 388 g/mol. The van der Waals surface area contributed by atoms with E-state index < -0.39 is 0 Å². The molecule has 3 aromatic rings. The van der Waals surface area contributed by atoms with E-state index in [2.05, 4.69) is 43.3 Å². The number of hydrogen-bond acceptors (Lipinski definition) is 3.